The van der Waals surface area contributed by atoms with Crippen molar-refractivity contribution in [3.05, 3.63) is 97.8 Å². The lowest BCUT2D eigenvalue weighted by Gasteiger charge is -1.94. The molecule has 0 spiro atoms. The summed E-state index contributed by atoms with van der Waals surface area (Å²) in [5, 5.41) is 2.26. The van der Waals surface area contributed by atoms with Crippen LogP contribution in [0.5, 0.6) is 0 Å². The Labute approximate surface area is 172 Å². The molecule has 6 nitrogen and oxygen atoms in total. The van der Waals surface area contributed by atoms with Crippen LogP contribution < -0.4 is 0 Å². The predicted octanol–water partition coefficient (Wildman–Crippen LogP) is 5.25. The second-order valence-corrected chi connectivity index (χ2v) is 6.72. The third-order valence-electron chi connectivity index (χ3n) is 4.77. The zero-order valence-electron chi connectivity index (χ0n) is 16.0. The molecule has 30 heavy (non-hydrogen) atoms. The summed E-state index contributed by atoms with van der Waals surface area (Å²) in [4.78, 5) is 23.0. The number of hydrogen-bond acceptors (Lipinski definition) is 4. The number of H-pyrrole nitrogens is 2. The van der Waals surface area contributed by atoms with Crippen molar-refractivity contribution in [3.8, 4) is 22.5 Å². The average Bonchev–Trinajstić information content (AvgIpc) is 3.45. The van der Waals surface area contributed by atoms with Gasteiger partial charge in [0.1, 0.15) is 11.3 Å². The van der Waals surface area contributed by atoms with Crippen LogP contribution in [0.2, 0.25) is 0 Å². The number of nitrogens with one attached hydrogen (secondary N) is 2. The van der Waals surface area contributed by atoms with Gasteiger partial charge in [-0.25, -0.2) is 9.97 Å². The van der Waals surface area contributed by atoms with E-state index < -0.39 is 0 Å². The highest BCUT2D eigenvalue weighted by molar-refractivity contribution is 5.83. The van der Waals surface area contributed by atoms with Crippen molar-refractivity contribution in [1.82, 2.24) is 29.9 Å². The Balaban J connectivity index is 0.000000128. The number of aromatic nitrogens is 6. The van der Waals surface area contributed by atoms with Crippen LogP contribution >= 0.6 is 0 Å². The predicted molar refractivity (Wildman–Crippen MR) is 119 cm³/mol. The number of nitrogens with zero attached hydrogens (tertiary/aromatic N) is 4. The van der Waals surface area contributed by atoms with E-state index in [0.29, 0.717) is 0 Å². The minimum absolute atomic E-state index is 0.921. The molecule has 6 heterocycles. The number of aromatic amines is 2. The molecule has 0 aliphatic heterocycles. The highest BCUT2D eigenvalue weighted by Gasteiger charge is 2.03. The molecular weight excluding hydrogens is 372 g/mol. The molecule has 144 valence electrons. The molecule has 6 heteroatoms. The number of rotatable bonds is 2. The second kappa shape index (κ2) is 7.97. The molecule has 6 aromatic rings. The van der Waals surface area contributed by atoms with Gasteiger partial charge in [-0.1, -0.05) is 0 Å². The van der Waals surface area contributed by atoms with Crippen molar-refractivity contribution >= 4 is 22.1 Å². The van der Waals surface area contributed by atoms with Gasteiger partial charge in [0, 0.05) is 70.5 Å². The van der Waals surface area contributed by atoms with Crippen LogP contribution in [0.1, 0.15) is 0 Å². The van der Waals surface area contributed by atoms with Gasteiger partial charge in [0.25, 0.3) is 0 Å². The first kappa shape index (κ1) is 17.8. The first-order valence-corrected chi connectivity index (χ1v) is 9.55. The summed E-state index contributed by atoms with van der Waals surface area (Å²) in [6.45, 7) is 0. The normalized spacial score (nSPS) is 10.7. The van der Waals surface area contributed by atoms with E-state index in [9.17, 15) is 0 Å². The van der Waals surface area contributed by atoms with Crippen LogP contribution in [0.4, 0.5) is 0 Å². The van der Waals surface area contributed by atoms with Crippen molar-refractivity contribution in [2.45, 2.75) is 0 Å². The van der Waals surface area contributed by atoms with Crippen LogP contribution in [0.15, 0.2) is 97.8 Å². The van der Waals surface area contributed by atoms with Gasteiger partial charge in [-0.15, -0.1) is 0 Å². The molecule has 0 aliphatic rings. The van der Waals surface area contributed by atoms with Crippen LogP contribution in [0.3, 0.4) is 0 Å². The fourth-order valence-corrected chi connectivity index (χ4v) is 3.29. The summed E-state index contributed by atoms with van der Waals surface area (Å²) >= 11 is 0. The molecule has 0 saturated carbocycles. The molecule has 0 fully saturated rings. The van der Waals surface area contributed by atoms with E-state index in [1.54, 1.807) is 37.2 Å². The first-order chi connectivity index (χ1) is 14.9. The molecule has 0 saturated heterocycles. The number of pyridine rings is 4. The zero-order valence-corrected chi connectivity index (χ0v) is 16.0. The van der Waals surface area contributed by atoms with E-state index in [4.69, 9.17) is 0 Å². The van der Waals surface area contributed by atoms with Crippen LogP contribution in [0, 0.1) is 0 Å². The van der Waals surface area contributed by atoms with Crippen molar-refractivity contribution in [2.24, 2.45) is 0 Å². The van der Waals surface area contributed by atoms with Crippen LogP contribution in [0.25, 0.3) is 44.6 Å². The molecular formula is C24H18N6. The minimum atomic E-state index is 0.921. The lowest BCUT2D eigenvalue weighted by molar-refractivity contribution is 1.30. The third kappa shape index (κ3) is 3.66. The second-order valence-electron chi connectivity index (χ2n) is 6.72. The Morgan fingerprint density at radius 3 is 1.33 bits per heavy atom. The summed E-state index contributed by atoms with van der Waals surface area (Å²) in [5.41, 5.74) is 6.25. The summed E-state index contributed by atoms with van der Waals surface area (Å²) in [6.07, 6.45) is 10.7. The molecule has 6 rings (SSSR count). The highest BCUT2D eigenvalue weighted by Crippen LogP contribution is 2.22. The number of fused-ring (bicyclic) bond motifs is 2. The monoisotopic (exact) mass is 390 g/mol. The lowest BCUT2D eigenvalue weighted by Crippen LogP contribution is -1.77. The molecule has 0 bridgehead atoms. The molecule has 0 amide bonds. The van der Waals surface area contributed by atoms with E-state index >= 15 is 0 Å². The van der Waals surface area contributed by atoms with E-state index in [1.165, 1.54) is 0 Å². The fourth-order valence-electron chi connectivity index (χ4n) is 3.29. The average molecular weight is 390 g/mol. The smallest absolute Gasteiger partial charge is 0.137 e. The van der Waals surface area contributed by atoms with Crippen molar-refractivity contribution in [1.29, 1.82) is 0 Å². The van der Waals surface area contributed by atoms with Gasteiger partial charge in [0.05, 0.1) is 0 Å². The summed E-state index contributed by atoms with van der Waals surface area (Å²) in [5.74, 6) is 0. The maximum Gasteiger partial charge on any atom is 0.137 e. The Morgan fingerprint density at radius 2 is 0.933 bits per heavy atom. The van der Waals surface area contributed by atoms with Gasteiger partial charge in [-0.05, 0) is 60.7 Å². The summed E-state index contributed by atoms with van der Waals surface area (Å²) in [7, 11) is 0. The molecule has 0 radical (unpaired) electrons. The molecule has 0 atom stereocenters. The Kier molecular flexibility index (Phi) is 4.72. The van der Waals surface area contributed by atoms with Gasteiger partial charge in [-0.2, -0.15) is 0 Å². The van der Waals surface area contributed by atoms with Crippen molar-refractivity contribution in [2.75, 3.05) is 0 Å². The van der Waals surface area contributed by atoms with E-state index in [2.05, 4.69) is 42.0 Å². The number of hydrogen-bond donors (Lipinski definition) is 2. The fraction of sp³-hybridized carbons (Fsp3) is 0. The van der Waals surface area contributed by atoms with Crippen LogP contribution in [-0.2, 0) is 0 Å². The standard InChI is InChI=1S/2C12H9N3/c2*1-2-10-8-11(15-12(10)14-5-1)9-3-6-13-7-4-9/h2*1-8H,(H,14,15). The molecule has 6 aromatic heterocycles. The van der Waals surface area contributed by atoms with Gasteiger partial charge in [0.2, 0.25) is 0 Å². The highest BCUT2D eigenvalue weighted by atomic mass is 14.9. The summed E-state index contributed by atoms with van der Waals surface area (Å²) in [6, 6.07) is 20.1. The van der Waals surface area contributed by atoms with E-state index in [1.807, 2.05) is 48.5 Å². The van der Waals surface area contributed by atoms with E-state index in [0.717, 1.165) is 44.6 Å². The van der Waals surface area contributed by atoms with Gasteiger partial charge < -0.3 is 9.97 Å². The lowest BCUT2D eigenvalue weighted by atomic mass is 10.2. The molecule has 0 unspecified atom stereocenters. The molecule has 0 aliphatic carbocycles. The third-order valence-corrected chi connectivity index (χ3v) is 4.77. The summed E-state index contributed by atoms with van der Waals surface area (Å²) < 4.78 is 0. The SMILES string of the molecule is c1cnc2[nH]c(-c3ccncc3)cc2c1.c1cnc2[nH]c(-c3ccncc3)cc2c1. The Morgan fingerprint density at radius 1 is 0.500 bits per heavy atom. The Bertz CT molecular complexity index is 1210. The van der Waals surface area contributed by atoms with E-state index in [-0.39, 0.29) is 0 Å². The minimum Gasteiger partial charge on any atom is -0.339 e. The maximum atomic E-state index is 4.26. The van der Waals surface area contributed by atoms with Gasteiger partial charge >= 0.3 is 0 Å². The van der Waals surface area contributed by atoms with Gasteiger partial charge in [0.15, 0.2) is 0 Å². The topological polar surface area (TPSA) is 83.1 Å². The zero-order chi connectivity index (χ0) is 20.2. The quantitative estimate of drug-likeness (QED) is 0.423. The molecule has 0 aromatic carbocycles. The molecule has 2 N–H and O–H groups in total. The maximum absolute atomic E-state index is 4.26. The largest absolute Gasteiger partial charge is 0.339 e. The van der Waals surface area contributed by atoms with Crippen LogP contribution in [-0.4, -0.2) is 29.9 Å². The Hall–Kier alpha value is -4.32. The van der Waals surface area contributed by atoms with Crippen molar-refractivity contribution in [3.63, 3.8) is 0 Å². The van der Waals surface area contributed by atoms with Crippen molar-refractivity contribution < 1.29 is 0 Å². The first-order valence-electron chi connectivity index (χ1n) is 9.55. The van der Waals surface area contributed by atoms with Gasteiger partial charge in [-0.3, -0.25) is 9.97 Å².